The van der Waals surface area contributed by atoms with Gasteiger partial charge in [-0.1, -0.05) is 34.1 Å². The molecule has 3 unspecified atom stereocenters. The summed E-state index contributed by atoms with van der Waals surface area (Å²) in [5, 5.41) is 13.4. The maximum Gasteiger partial charge on any atom is 0.0616 e. The van der Waals surface area contributed by atoms with Crippen molar-refractivity contribution in [2.24, 2.45) is 11.8 Å². The molecule has 0 aromatic heterocycles. The van der Waals surface area contributed by atoms with E-state index in [-0.39, 0.29) is 12.1 Å². The predicted molar refractivity (Wildman–Crippen MR) is 80.3 cm³/mol. The fraction of sp³-hybridized carbons (Fsp3) is 1.00. The molecule has 3 nitrogen and oxygen atoms in total. The Hall–Kier alpha value is -0.120. The second kappa shape index (κ2) is 7.61. The van der Waals surface area contributed by atoms with E-state index < -0.39 is 0 Å². The lowest BCUT2D eigenvalue weighted by atomic mass is 9.85. The third kappa shape index (κ3) is 4.73. The summed E-state index contributed by atoms with van der Waals surface area (Å²) in [7, 11) is 0. The van der Waals surface area contributed by atoms with Gasteiger partial charge >= 0.3 is 0 Å². The van der Waals surface area contributed by atoms with E-state index in [2.05, 4.69) is 39.9 Å². The number of ether oxygens (including phenoxy) is 1. The minimum Gasteiger partial charge on any atom is -0.394 e. The van der Waals surface area contributed by atoms with Gasteiger partial charge in [-0.15, -0.1) is 0 Å². The fourth-order valence-electron chi connectivity index (χ4n) is 3.17. The standard InChI is InChI=1S/C16H33NO2/c1-12(2)14(5)19-10-8-15-7-6-9-16(15,11-18)17-13(3)4/h12-15,17-18H,6-11H2,1-5H3. The Balaban J connectivity index is 2.46. The quantitative estimate of drug-likeness (QED) is 0.713. The van der Waals surface area contributed by atoms with Crippen molar-refractivity contribution >= 4 is 0 Å². The number of nitrogens with one attached hydrogen (secondary N) is 1. The summed E-state index contributed by atoms with van der Waals surface area (Å²) in [6.07, 6.45) is 4.89. The van der Waals surface area contributed by atoms with Crippen LogP contribution in [-0.2, 0) is 4.74 Å². The highest BCUT2D eigenvalue weighted by atomic mass is 16.5. The summed E-state index contributed by atoms with van der Waals surface area (Å²) in [5.74, 6) is 1.11. The van der Waals surface area contributed by atoms with Crippen LogP contribution in [0.4, 0.5) is 0 Å². The molecule has 1 aliphatic rings. The van der Waals surface area contributed by atoms with Crippen molar-refractivity contribution in [1.29, 1.82) is 0 Å². The SMILES string of the molecule is CC(C)NC1(CO)CCCC1CCOC(C)C(C)C. The molecule has 0 heterocycles. The molecule has 0 aromatic carbocycles. The number of rotatable bonds is 8. The van der Waals surface area contributed by atoms with E-state index in [1.807, 2.05) is 0 Å². The number of aliphatic hydroxyl groups is 1. The Morgan fingerprint density at radius 3 is 2.47 bits per heavy atom. The Morgan fingerprint density at radius 1 is 1.26 bits per heavy atom. The molecular weight excluding hydrogens is 238 g/mol. The van der Waals surface area contributed by atoms with Crippen molar-refractivity contribution in [3.05, 3.63) is 0 Å². The summed E-state index contributed by atoms with van der Waals surface area (Å²) in [4.78, 5) is 0. The largest absolute Gasteiger partial charge is 0.394 e. The molecule has 1 rings (SSSR count). The summed E-state index contributed by atoms with van der Waals surface area (Å²) in [5.41, 5.74) is -0.0708. The van der Waals surface area contributed by atoms with Crippen LogP contribution in [-0.4, -0.2) is 36.0 Å². The monoisotopic (exact) mass is 271 g/mol. The van der Waals surface area contributed by atoms with Crippen LogP contribution in [0.2, 0.25) is 0 Å². The van der Waals surface area contributed by atoms with Crippen LogP contribution in [0.15, 0.2) is 0 Å². The van der Waals surface area contributed by atoms with Gasteiger partial charge < -0.3 is 15.2 Å². The van der Waals surface area contributed by atoms with E-state index >= 15 is 0 Å². The Morgan fingerprint density at radius 2 is 1.95 bits per heavy atom. The molecule has 0 aliphatic heterocycles. The molecule has 0 aromatic rings. The zero-order valence-corrected chi connectivity index (χ0v) is 13.4. The van der Waals surface area contributed by atoms with E-state index in [0.29, 0.717) is 24.0 Å². The molecule has 0 saturated heterocycles. The van der Waals surface area contributed by atoms with Gasteiger partial charge in [0.1, 0.15) is 0 Å². The second-order valence-electron chi connectivity index (χ2n) is 6.81. The fourth-order valence-corrected chi connectivity index (χ4v) is 3.17. The summed E-state index contributed by atoms with van der Waals surface area (Å²) < 4.78 is 5.90. The topological polar surface area (TPSA) is 41.5 Å². The van der Waals surface area contributed by atoms with Crippen molar-refractivity contribution in [3.8, 4) is 0 Å². The van der Waals surface area contributed by atoms with E-state index in [9.17, 15) is 5.11 Å². The highest BCUT2D eigenvalue weighted by molar-refractivity contribution is 4.99. The van der Waals surface area contributed by atoms with Gasteiger partial charge in [-0.2, -0.15) is 0 Å². The van der Waals surface area contributed by atoms with E-state index in [1.54, 1.807) is 0 Å². The summed E-state index contributed by atoms with van der Waals surface area (Å²) in [6.45, 7) is 11.9. The molecule has 114 valence electrons. The lowest BCUT2D eigenvalue weighted by molar-refractivity contribution is 0.0163. The van der Waals surface area contributed by atoms with Crippen LogP contribution in [0.5, 0.6) is 0 Å². The summed E-state index contributed by atoms with van der Waals surface area (Å²) in [6, 6.07) is 0.420. The molecule has 2 N–H and O–H groups in total. The lowest BCUT2D eigenvalue weighted by Crippen LogP contribution is -2.54. The number of hydrogen-bond acceptors (Lipinski definition) is 3. The normalized spacial score (nSPS) is 29.4. The van der Waals surface area contributed by atoms with Crippen LogP contribution in [0.1, 0.15) is 60.3 Å². The van der Waals surface area contributed by atoms with Gasteiger partial charge in [-0.25, -0.2) is 0 Å². The first-order chi connectivity index (χ1) is 8.91. The first-order valence-electron chi connectivity index (χ1n) is 7.91. The lowest BCUT2D eigenvalue weighted by Gasteiger charge is -2.37. The van der Waals surface area contributed by atoms with Crippen molar-refractivity contribution in [1.82, 2.24) is 5.32 Å². The van der Waals surface area contributed by atoms with Gasteiger partial charge in [-0.3, -0.25) is 0 Å². The van der Waals surface area contributed by atoms with Crippen LogP contribution in [0, 0.1) is 11.8 Å². The van der Waals surface area contributed by atoms with Crippen molar-refractivity contribution < 1.29 is 9.84 Å². The Kier molecular flexibility index (Phi) is 6.78. The van der Waals surface area contributed by atoms with Crippen LogP contribution in [0.25, 0.3) is 0 Å². The highest BCUT2D eigenvalue weighted by Gasteiger charge is 2.42. The van der Waals surface area contributed by atoms with Gasteiger partial charge in [0.05, 0.1) is 12.7 Å². The molecule has 0 bridgehead atoms. The zero-order valence-electron chi connectivity index (χ0n) is 13.4. The minimum absolute atomic E-state index is 0.0708. The van der Waals surface area contributed by atoms with Gasteiger partial charge in [-0.05, 0) is 38.0 Å². The summed E-state index contributed by atoms with van der Waals surface area (Å²) >= 11 is 0. The molecule has 0 radical (unpaired) electrons. The average Bonchev–Trinajstić information content (AvgIpc) is 2.71. The van der Waals surface area contributed by atoms with Crippen molar-refractivity contribution in [2.45, 2.75) is 78.0 Å². The van der Waals surface area contributed by atoms with Gasteiger partial charge in [0.25, 0.3) is 0 Å². The minimum atomic E-state index is -0.0708. The van der Waals surface area contributed by atoms with Crippen molar-refractivity contribution in [2.75, 3.05) is 13.2 Å². The first kappa shape index (κ1) is 16.9. The predicted octanol–water partition coefficient (Wildman–Crippen LogP) is 2.97. The third-order valence-corrected chi connectivity index (χ3v) is 4.60. The zero-order chi connectivity index (χ0) is 14.5. The smallest absolute Gasteiger partial charge is 0.0616 e. The number of hydrogen-bond donors (Lipinski definition) is 2. The molecule has 1 fully saturated rings. The van der Waals surface area contributed by atoms with Gasteiger partial charge in [0.15, 0.2) is 0 Å². The molecule has 19 heavy (non-hydrogen) atoms. The van der Waals surface area contributed by atoms with Gasteiger partial charge in [0.2, 0.25) is 0 Å². The molecule has 3 atom stereocenters. The van der Waals surface area contributed by atoms with E-state index in [0.717, 1.165) is 19.4 Å². The Bertz CT molecular complexity index is 255. The maximum atomic E-state index is 9.83. The molecule has 3 heteroatoms. The maximum absolute atomic E-state index is 9.83. The molecule has 0 spiro atoms. The molecular formula is C16H33NO2. The molecule has 1 saturated carbocycles. The van der Waals surface area contributed by atoms with Crippen LogP contribution >= 0.6 is 0 Å². The van der Waals surface area contributed by atoms with Gasteiger partial charge in [0, 0.05) is 18.2 Å². The van der Waals surface area contributed by atoms with Crippen LogP contribution in [0.3, 0.4) is 0 Å². The third-order valence-electron chi connectivity index (χ3n) is 4.60. The van der Waals surface area contributed by atoms with Crippen molar-refractivity contribution in [3.63, 3.8) is 0 Å². The van der Waals surface area contributed by atoms with Crippen LogP contribution < -0.4 is 5.32 Å². The molecule has 1 aliphatic carbocycles. The van der Waals surface area contributed by atoms with E-state index in [4.69, 9.17) is 4.74 Å². The second-order valence-corrected chi connectivity index (χ2v) is 6.81. The average molecular weight is 271 g/mol. The Labute approximate surface area is 119 Å². The first-order valence-corrected chi connectivity index (χ1v) is 7.91. The highest BCUT2D eigenvalue weighted by Crippen LogP contribution is 2.38. The molecule has 0 amide bonds. The van der Waals surface area contributed by atoms with E-state index in [1.165, 1.54) is 12.8 Å². The number of aliphatic hydroxyl groups excluding tert-OH is 1.